The van der Waals surface area contributed by atoms with E-state index in [9.17, 15) is 82.8 Å². The van der Waals surface area contributed by atoms with Crippen LogP contribution >= 0.6 is 12.6 Å². The topological polar surface area (TPSA) is 466 Å². The molecule has 0 radical (unpaired) electrons. The summed E-state index contributed by atoms with van der Waals surface area (Å²) < 4.78 is 0. The molecule has 2 rings (SSSR count). The maximum absolute atomic E-state index is 13.8. The number of thiol groups is 1. The number of carboxylic acid groups (broad SMARTS) is 6. The largest absolute Gasteiger partial charge is 0.481 e. The molecule has 28 nitrogen and oxygen atoms in total. The summed E-state index contributed by atoms with van der Waals surface area (Å²) in [5.74, 6) is -15.0. The lowest BCUT2D eigenvalue weighted by Crippen LogP contribution is -2.57. The van der Waals surface area contributed by atoms with Gasteiger partial charge in [-0.05, 0) is 44.1 Å². The molecule has 0 aliphatic heterocycles. The van der Waals surface area contributed by atoms with E-state index in [1.54, 1.807) is 30.3 Å². The van der Waals surface area contributed by atoms with Crippen LogP contribution in [0.4, 0.5) is 4.79 Å². The first-order valence-corrected chi connectivity index (χ1v) is 22.1. The van der Waals surface area contributed by atoms with Gasteiger partial charge in [0.1, 0.15) is 41.8 Å². The summed E-state index contributed by atoms with van der Waals surface area (Å²) in [6.07, 6.45) is -3.41. The Kier molecular flexibility index (Phi) is 24.0. The number of benzene rings is 1. The quantitative estimate of drug-likeness (QED) is 0.0239. The lowest BCUT2D eigenvalue weighted by atomic mass is 10.0. The van der Waals surface area contributed by atoms with Gasteiger partial charge in [-0.3, -0.25) is 38.4 Å². The molecule has 1 aliphatic rings. The van der Waals surface area contributed by atoms with E-state index in [-0.39, 0.29) is 44.4 Å². The molecule has 0 spiro atoms. The molecule has 1 aliphatic carbocycles. The minimum atomic E-state index is -1.75. The SMILES string of the molecule is N[C@@H](CNC(=O)CC[C@H](NC(=O)C1(NC(=O)CCCCNC(=O)CC[C@H](NC(=O)N[C@@H](CCC(=O)O)C(=O)O)C(=O)O)C[C@H]1c1ccccc1)C(=O)O)C(=O)N[C@@H](CC(=O)O)C(=O)N[C@@H](CS)C(=O)O. The van der Waals surface area contributed by atoms with Gasteiger partial charge in [0.25, 0.3) is 0 Å². The Morgan fingerprint density at radius 3 is 1.61 bits per heavy atom. The Morgan fingerprint density at radius 1 is 0.586 bits per heavy atom. The third kappa shape index (κ3) is 20.3. The number of unbranched alkanes of at least 4 members (excludes halogenated alkanes) is 1. The predicted octanol–water partition coefficient (Wildman–Crippen LogP) is -3.58. The summed E-state index contributed by atoms with van der Waals surface area (Å²) in [5, 5.41) is 73.7. The minimum Gasteiger partial charge on any atom is -0.481 e. The van der Waals surface area contributed by atoms with Crippen LogP contribution in [-0.4, -0.2) is 169 Å². The van der Waals surface area contributed by atoms with Gasteiger partial charge in [0.05, 0.1) is 6.42 Å². The number of carbonyl (C=O) groups excluding carboxylic acids is 7. The van der Waals surface area contributed by atoms with Crippen LogP contribution in [0.25, 0.3) is 0 Å². The smallest absolute Gasteiger partial charge is 0.327 e. The van der Waals surface area contributed by atoms with Gasteiger partial charge in [0.15, 0.2) is 0 Å². The zero-order chi connectivity index (χ0) is 52.7. The average molecular weight is 1010 g/mol. The molecule has 1 fully saturated rings. The van der Waals surface area contributed by atoms with Crippen LogP contribution in [0.2, 0.25) is 0 Å². The molecule has 29 heteroatoms. The molecule has 1 aromatic rings. The fourth-order valence-electron chi connectivity index (χ4n) is 6.60. The van der Waals surface area contributed by atoms with Crippen molar-refractivity contribution in [2.24, 2.45) is 5.73 Å². The molecular formula is C41H57N9O19S. The fraction of sp³-hybridized carbons (Fsp3) is 0.537. The van der Waals surface area contributed by atoms with Crippen LogP contribution in [0, 0.1) is 0 Å². The predicted molar refractivity (Wildman–Crippen MR) is 240 cm³/mol. The van der Waals surface area contributed by atoms with Crippen molar-refractivity contribution in [2.45, 2.75) is 118 Å². The number of carbonyl (C=O) groups is 13. The maximum atomic E-state index is 13.8. The van der Waals surface area contributed by atoms with Gasteiger partial charge in [0.2, 0.25) is 35.4 Å². The molecule has 70 heavy (non-hydrogen) atoms. The number of urea groups is 1. The number of nitrogens with two attached hydrogens (primary N) is 1. The van der Waals surface area contributed by atoms with Crippen molar-refractivity contribution in [1.29, 1.82) is 0 Å². The van der Waals surface area contributed by atoms with Crippen molar-refractivity contribution in [1.82, 2.24) is 42.5 Å². The van der Waals surface area contributed by atoms with Gasteiger partial charge in [-0.25, -0.2) is 24.0 Å². The maximum Gasteiger partial charge on any atom is 0.327 e. The second-order valence-corrected chi connectivity index (χ2v) is 16.3. The number of amides is 8. The Hall–Kier alpha value is -7.56. The molecule has 386 valence electrons. The third-order valence-corrected chi connectivity index (χ3v) is 10.9. The minimum absolute atomic E-state index is 0.0341. The lowest BCUT2D eigenvalue weighted by Gasteiger charge is -2.23. The Labute approximate surface area is 403 Å². The number of hydrogen-bond acceptors (Lipinski definition) is 15. The van der Waals surface area contributed by atoms with Crippen molar-refractivity contribution in [3.05, 3.63) is 35.9 Å². The Morgan fingerprint density at radius 2 is 1.10 bits per heavy atom. The molecule has 1 aromatic carbocycles. The molecule has 0 saturated heterocycles. The van der Waals surface area contributed by atoms with E-state index < -0.39 is 170 Å². The van der Waals surface area contributed by atoms with E-state index in [1.807, 2.05) is 16.0 Å². The second kappa shape index (κ2) is 28.7. The van der Waals surface area contributed by atoms with Crippen molar-refractivity contribution in [2.75, 3.05) is 18.8 Å². The van der Waals surface area contributed by atoms with Crippen LogP contribution < -0.4 is 48.3 Å². The van der Waals surface area contributed by atoms with Crippen molar-refractivity contribution in [3.8, 4) is 0 Å². The number of aliphatic carboxylic acids is 6. The van der Waals surface area contributed by atoms with E-state index in [0.29, 0.717) is 5.56 Å². The van der Waals surface area contributed by atoms with Gasteiger partial charge in [0, 0.05) is 50.4 Å². The average Bonchev–Trinajstić information content (AvgIpc) is 4.02. The van der Waals surface area contributed by atoms with Gasteiger partial charge in [-0.2, -0.15) is 12.6 Å². The second-order valence-electron chi connectivity index (χ2n) is 15.9. The number of hydrogen-bond donors (Lipinski definition) is 16. The highest BCUT2D eigenvalue weighted by atomic mass is 32.1. The van der Waals surface area contributed by atoms with Crippen molar-refractivity contribution in [3.63, 3.8) is 0 Å². The highest BCUT2D eigenvalue weighted by Crippen LogP contribution is 2.51. The number of rotatable bonds is 33. The highest BCUT2D eigenvalue weighted by molar-refractivity contribution is 7.80. The molecule has 1 unspecified atom stereocenters. The van der Waals surface area contributed by atoms with Gasteiger partial charge in [-0.1, -0.05) is 30.3 Å². The summed E-state index contributed by atoms with van der Waals surface area (Å²) in [6.45, 7) is -0.538. The van der Waals surface area contributed by atoms with Crippen LogP contribution in [0.15, 0.2) is 30.3 Å². The first kappa shape index (κ1) is 58.6. The number of nitrogens with one attached hydrogen (secondary N) is 8. The normalized spacial score (nSPS) is 17.2. The molecule has 1 saturated carbocycles. The first-order valence-electron chi connectivity index (χ1n) is 21.5. The van der Waals surface area contributed by atoms with Crippen LogP contribution in [0.1, 0.15) is 82.1 Å². The zero-order valence-corrected chi connectivity index (χ0v) is 38.2. The molecule has 8 amide bonds. The molecule has 0 heterocycles. The molecule has 8 atom stereocenters. The lowest BCUT2D eigenvalue weighted by molar-refractivity contribution is -0.143. The van der Waals surface area contributed by atoms with E-state index in [1.165, 1.54) is 0 Å². The zero-order valence-electron chi connectivity index (χ0n) is 37.3. The highest BCUT2D eigenvalue weighted by Gasteiger charge is 2.62. The Bertz CT molecular complexity index is 2110. The summed E-state index contributed by atoms with van der Waals surface area (Å²) in [5.41, 5.74) is 4.88. The summed E-state index contributed by atoms with van der Waals surface area (Å²) in [6, 6.07) is -2.36. The molecular weight excluding hydrogens is 955 g/mol. The van der Waals surface area contributed by atoms with Crippen LogP contribution in [0.3, 0.4) is 0 Å². The number of carboxylic acids is 6. The van der Waals surface area contributed by atoms with Crippen molar-refractivity contribution >= 4 is 89.9 Å². The molecule has 0 bridgehead atoms. The van der Waals surface area contributed by atoms with Gasteiger partial charge >= 0.3 is 41.8 Å². The van der Waals surface area contributed by atoms with E-state index in [4.69, 9.17) is 15.9 Å². The molecule has 0 aromatic heterocycles. The van der Waals surface area contributed by atoms with Gasteiger partial charge < -0.3 is 78.9 Å². The third-order valence-electron chi connectivity index (χ3n) is 10.5. The summed E-state index contributed by atoms with van der Waals surface area (Å²) >= 11 is 3.80. The molecule has 16 N–H and O–H groups in total. The monoisotopic (exact) mass is 1010 g/mol. The van der Waals surface area contributed by atoms with Crippen molar-refractivity contribution < 1.29 is 93.0 Å². The van der Waals surface area contributed by atoms with E-state index in [2.05, 4.69) is 39.2 Å². The standard InChI is InChI=1S/C41H57N9O19S/c42-22(33(58)45-26(16-32(56)57)34(59)46-27(19-70)38(66)67)18-44-29(52)13-9-23(35(60)61)47-39(68)41(17-21(41)20-6-2-1-3-7-20)50-30(53)8-4-5-15-43-28(51)12-10-24(36(62)63)48-40(69)49-25(37(64)65)11-14-31(54)55/h1-3,6-7,21-27,70H,4-5,8-19,42H2,(H,43,51)(H,44,52)(H,45,58)(H,46,59)(H,47,68)(H,50,53)(H,54,55)(H,56,57)(H,60,61)(H,62,63)(H,64,65)(H,66,67)(H2,48,49,69)/t21-,22-,23-,24-,25-,26-,27-,41?/m0/s1. The van der Waals surface area contributed by atoms with E-state index in [0.717, 1.165) is 0 Å². The fourth-order valence-corrected chi connectivity index (χ4v) is 6.84. The van der Waals surface area contributed by atoms with Gasteiger partial charge in [-0.15, -0.1) is 0 Å². The summed E-state index contributed by atoms with van der Waals surface area (Å²) in [4.78, 5) is 158. The van der Waals surface area contributed by atoms with E-state index >= 15 is 0 Å². The summed E-state index contributed by atoms with van der Waals surface area (Å²) in [7, 11) is 0. The Balaban J connectivity index is 1.93. The van der Waals surface area contributed by atoms with Crippen LogP contribution in [-0.2, 0) is 57.5 Å². The van der Waals surface area contributed by atoms with Crippen LogP contribution in [0.5, 0.6) is 0 Å². The first-order chi connectivity index (χ1) is 32.9.